The number of ether oxygens (including phenoxy) is 1. The van der Waals surface area contributed by atoms with Crippen molar-refractivity contribution in [3.05, 3.63) is 12.7 Å². The molecule has 0 aliphatic rings. The molecule has 2 nitrogen and oxygen atoms in total. The molecule has 0 aromatic carbocycles. The lowest BCUT2D eigenvalue weighted by Gasteiger charge is -2.24. The fourth-order valence-electron chi connectivity index (χ4n) is 1.01. The average molecular weight is 186 g/mol. The van der Waals surface area contributed by atoms with Crippen molar-refractivity contribution in [3.63, 3.8) is 0 Å². The maximum atomic E-state index is 11.0. The number of esters is 1. The Morgan fingerprint density at radius 1 is 1.58 bits per heavy atom. The van der Waals surface area contributed by atoms with Crippen LogP contribution in [-0.2, 0) is 9.53 Å². The van der Waals surface area contributed by atoms with E-state index >= 15 is 0 Å². The summed E-state index contributed by atoms with van der Waals surface area (Å²) in [6.45, 7) is 10.4. The van der Waals surface area contributed by atoms with Crippen molar-refractivity contribution in [1.82, 2.24) is 0 Å². The quantitative estimate of drug-likeness (QED) is 0.383. The number of allylic oxidation sites excluding steroid dienone is 1. The number of carbonyl (C=O) groups is 1. The van der Waals surface area contributed by atoms with Crippen LogP contribution in [-0.4, -0.2) is 21.2 Å². The van der Waals surface area contributed by atoms with Gasteiger partial charge in [0.1, 0.15) is 0 Å². The van der Waals surface area contributed by atoms with Crippen LogP contribution in [0, 0.1) is 0 Å². The number of hydrogen-bond acceptors (Lipinski definition) is 2. The van der Waals surface area contributed by atoms with E-state index in [9.17, 15) is 4.79 Å². The van der Waals surface area contributed by atoms with Gasteiger partial charge in [0.15, 0.2) is 0 Å². The van der Waals surface area contributed by atoms with Crippen molar-refractivity contribution in [2.45, 2.75) is 31.6 Å². The third-order valence-electron chi connectivity index (χ3n) is 2.01. The summed E-state index contributed by atoms with van der Waals surface area (Å²) in [5.41, 5.74) is 0.324. The highest BCUT2D eigenvalue weighted by molar-refractivity contribution is 6.78. The first kappa shape index (κ1) is 11.4. The molecule has 0 fully saturated rings. The van der Waals surface area contributed by atoms with E-state index in [1.807, 2.05) is 6.08 Å². The summed E-state index contributed by atoms with van der Waals surface area (Å²) in [5, 5.41) is 0. The maximum Gasteiger partial charge on any atom is 0.305 e. The van der Waals surface area contributed by atoms with Crippen molar-refractivity contribution in [2.75, 3.05) is 7.11 Å². The second-order valence-corrected chi connectivity index (χ2v) is 9.46. The van der Waals surface area contributed by atoms with Gasteiger partial charge in [-0.25, -0.2) is 0 Å². The topological polar surface area (TPSA) is 26.3 Å². The molecule has 0 bridgehead atoms. The molecule has 0 aliphatic carbocycles. The highest BCUT2D eigenvalue weighted by atomic mass is 28.3. The minimum Gasteiger partial charge on any atom is -0.469 e. The number of carbonyl (C=O) groups excluding carboxylic acids is 1. The third kappa shape index (κ3) is 3.71. The van der Waals surface area contributed by atoms with Crippen molar-refractivity contribution in [2.24, 2.45) is 0 Å². The summed E-state index contributed by atoms with van der Waals surface area (Å²) in [6, 6.07) is 0. The lowest BCUT2D eigenvalue weighted by atomic mass is 10.3. The van der Waals surface area contributed by atoms with Gasteiger partial charge in [-0.3, -0.25) is 4.79 Å². The molecule has 0 radical (unpaired) electrons. The van der Waals surface area contributed by atoms with Crippen LogP contribution in [0.5, 0.6) is 0 Å². The molecule has 0 N–H and O–H groups in total. The number of hydrogen-bond donors (Lipinski definition) is 0. The molecule has 0 amide bonds. The van der Waals surface area contributed by atoms with Gasteiger partial charge >= 0.3 is 5.97 Å². The second kappa shape index (κ2) is 4.45. The molecule has 0 aliphatic heterocycles. The fourth-order valence-corrected chi connectivity index (χ4v) is 2.49. The van der Waals surface area contributed by atoms with Gasteiger partial charge in [-0.05, 0) is 5.54 Å². The average Bonchev–Trinajstić information content (AvgIpc) is 1.97. The lowest BCUT2D eigenvalue weighted by Crippen LogP contribution is -2.28. The van der Waals surface area contributed by atoms with E-state index in [1.54, 1.807) is 0 Å². The molecule has 0 rings (SSSR count). The zero-order valence-corrected chi connectivity index (χ0v) is 9.39. The third-order valence-corrected chi connectivity index (χ3v) is 4.68. The molecule has 0 saturated carbocycles. The summed E-state index contributed by atoms with van der Waals surface area (Å²) in [6.07, 6.45) is 2.36. The maximum absolute atomic E-state index is 11.0. The van der Waals surface area contributed by atoms with Gasteiger partial charge < -0.3 is 4.74 Å². The van der Waals surface area contributed by atoms with Gasteiger partial charge in [-0.1, -0.05) is 25.7 Å². The van der Waals surface area contributed by atoms with Crippen LogP contribution >= 0.6 is 0 Å². The van der Waals surface area contributed by atoms with Crippen molar-refractivity contribution in [1.29, 1.82) is 0 Å². The number of methoxy groups -OCH3 is 1. The van der Waals surface area contributed by atoms with Crippen LogP contribution in [0.1, 0.15) is 6.42 Å². The van der Waals surface area contributed by atoms with E-state index in [0.29, 0.717) is 12.0 Å². The minimum atomic E-state index is -1.28. The van der Waals surface area contributed by atoms with Gasteiger partial charge in [0.25, 0.3) is 0 Å². The van der Waals surface area contributed by atoms with Crippen LogP contribution in [0.25, 0.3) is 0 Å². The van der Waals surface area contributed by atoms with E-state index in [-0.39, 0.29) is 5.97 Å². The normalized spacial score (nSPS) is 13.7. The molecule has 70 valence electrons. The zero-order chi connectivity index (χ0) is 9.78. The van der Waals surface area contributed by atoms with Gasteiger partial charge in [0, 0.05) is 6.42 Å². The van der Waals surface area contributed by atoms with Crippen LogP contribution in [0.2, 0.25) is 25.2 Å². The zero-order valence-electron chi connectivity index (χ0n) is 8.39. The van der Waals surface area contributed by atoms with Crippen LogP contribution in [0.4, 0.5) is 0 Å². The van der Waals surface area contributed by atoms with Gasteiger partial charge in [-0.15, -0.1) is 6.58 Å². The molecule has 0 heterocycles. The minimum absolute atomic E-state index is 0.137. The van der Waals surface area contributed by atoms with Gasteiger partial charge in [0.2, 0.25) is 0 Å². The van der Waals surface area contributed by atoms with Gasteiger partial charge in [0.05, 0.1) is 15.2 Å². The molecular weight excluding hydrogens is 168 g/mol. The summed E-state index contributed by atoms with van der Waals surface area (Å²) in [4.78, 5) is 11.0. The van der Waals surface area contributed by atoms with Crippen LogP contribution in [0.15, 0.2) is 12.7 Å². The second-order valence-electron chi connectivity index (χ2n) is 3.99. The molecule has 0 aromatic heterocycles. The Kier molecular flexibility index (Phi) is 4.24. The Hall–Kier alpha value is -0.573. The Labute approximate surface area is 75.6 Å². The summed E-state index contributed by atoms with van der Waals surface area (Å²) < 4.78 is 4.61. The van der Waals surface area contributed by atoms with Crippen LogP contribution in [0.3, 0.4) is 0 Å². The molecule has 0 spiro atoms. The van der Waals surface area contributed by atoms with E-state index in [1.165, 1.54) is 7.11 Å². The van der Waals surface area contributed by atoms with Crippen molar-refractivity contribution in [3.8, 4) is 0 Å². The molecular formula is C9H18O2Si. The Morgan fingerprint density at radius 3 is 2.33 bits per heavy atom. The van der Waals surface area contributed by atoms with Crippen molar-refractivity contribution < 1.29 is 9.53 Å². The summed E-state index contributed by atoms with van der Waals surface area (Å²) in [7, 11) is 0.139. The molecule has 3 heteroatoms. The molecule has 0 saturated heterocycles. The Bertz CT molecular complexity index is 170. The van der Waals surface area contributed by atoms with E-state index in [4.69, 9.17) is 0 Å². The highest BCUT2D eigenvalue weighted by Gasteiger charge is 2.26. The lowest BCUT2D eigenvalue weighted by molar-refractivity contribution is -0.140. The smallest absolute Gasteiger partial charge is 0.305 e. The number of rotatable bonds is 4. The van der Waals surface area contributed by atoms with Crippen LogP contribution < -0.4 is 0 Å². The first-order valence-corrected chi connectivity index (χ1v) is 7.69. The predicted octanol–water partition coefficient (Wildman–Crippen LogP) is 2.44. The standard InChI is InChI=1S/C9H18O2Si/c1-6-8(12(3,4)5)7-9(10)11-2/h6,8H,1,7H2,2-5H3/t8-/m1/s1. The molecule has 12 heavy (non-hydrogen) atoms. The molecule has 0 unspecified atom stereocenters. The fraction of sp³-hybridized carbons (Fsp3) is 0.667. The largest absolute Gasteiger partial charge is 0.469 e. The molecule has 1 atom stereocenters. The SMILES string of the molecule is C=C[C@H](CC(=O)OC)[Si](C)(C)C. The van der Waals surface area contributed by atoms with E-state index in [2.05, 4.69) is 31.0 Å². The van der Waals surface area contributed by atoms with E-state index < -0.39 is 8.07 Å². The first-order chi connectivity index (χ1) is 5.41. The first-order valence-electron chi connectivity index (χ1n) is 4.11. The van der Waals surface area contributed by atoms with E-state index in [0.717, 1.165) is 0 Å². The predicted molar refractivity (Wildman–Crippen MR) is 53.9 cm³/mol. The van der Waals surface area contributed by atoms with Crippen molar-refractivity contribution >= 4 is 14.0 Å². The molecule has 0 aromatic rings. The Morgan fingerprint density at radius 2 is 2.08 bits per heavy atom. The highest BCUT2D eigenvalue weighted by Crippen LogP contribution is 2.26. The Balaban J connectivity index is 4.19. The summed E-state index contributed by atoms with van der Waals surface area (Å²) in [5.74, 6) is -0.137. The summed E-state index contributed by atoms with van der Waals surface area (Å²) >= 11 is 0. The van der Waals surface area contributed by atoms with Gasteiger partial charge in [-0.2, -0.15) is 0 Å². The monoisotopic (exact) mass is 186 g/mol.